The van der Waals surface area contributed by atoms with E-state index < -0.39 is 12.0 Å². The van der Waals surface area contributed by atoms with Gasteiger partial charge in [-0.2, -0.15) is 0 Å². The highest BCUT2D eigenvalue weighted by molar-refractivity contribution is 5.92. The topological polar surface area (TPSA) is 98.4 Å². The Labute approximate surface area is 166 Å². The van der Waals surface area contributed by atoms with E-state index in [-0.39, 0.29) is 11.5 Å². The van der Waals surface area contributed by atoms with E-state index in [0.717, 1.165) is 16.8 Å². The number of nitrogens with zero attached hydrogens (tertiary/aromatic N) is 4. The van der Waals surface area contributed by atoms with Gasteiger partial charge in [-0.25, -0.2) is 14.4 Å². The van der Waals surface area contributed by atoms with E-state index in [2.05, 4.69) is 9.97 Å². The van der Waals surface area contributed by atoms with Gasteiger partial charge in [0.25, 0.3) is 5.91 Å². The molecule has 1 aromatic carbocycles. The Morgan fingerprint density at radius 2 is 1.90 bits per heavy atom. The van der Waals surface area contributed by atoms with Gasteiger partial charge in [-0.15, -0.1) is 0 Å². The maximum Gasteiger partial charge on any atom is 0.267 e. The van der Waals surface area contributed by atoms with Crippen LogP contribution in [-0.4, -0.2) is 36.1 Å². The molecule has 0 aliphatic carbocycles. The first kappa shape index (κ1) is 18.8. The average Bonchev–Trinajstić information content (AvgIpc) is 3.30. The SMILES string of the molecule is CC(O)CCn1cnc(-c2ccc(F)cc2)c1-c1ccc2ncc(C(N)=O)n2c1. The first-order chi connectivity index (χ1) is 13.9. The van der Waals surface area contributed by atoms with Crippen molar-refractivity contribution in [3.05, 3.63) is 66.6 Å². The molecule has 0 aliphatic heterocycles. The van der Waals surface area contributed by atoms with E-state index in [1.807, 2.05) is 10.6 Å². The summed E-state index contributed by atoms with van der Waals surface area (Å²) in [6.45, 7) is 2.28. The summed E-state index contributed by atoms with van der Waals surface area (Å²) in [5.41, 5.74) is 9.36. The molecule has 0 spiro atoms. The van der Waals surface area contributed by atoms with Crippen LogP contribution >= 0.6 is 0 Å². The fourth-order valence-electron chi connectivity index (χ4n) is 3.30. The molecular weight excluding hydrogens is 373 g/mol. The Morgan fingerprint density at radius 1 is 1.17 bits per heavy atom. The summed E-state index contributed by atoms with van der Waals surface area (Å²) in [7, 11) is 0. The summed E-state index contributed by atoms with van der Waals surface area (Å²) in [6, 6.07) is 9.80. The predicted molar refractivity (Wildman–Crippen MR) is 107 cm³/mol. The van der Waals surface area contributed by atoms with Crippen molar-refractivity contribution < 1.29 is 14.3 Å². The molecule has 1 atom stereocenters. The molecular formula is C21H20FN5O2. The molecule has 0 saturated carbocycles. The summed E-state index contributed by atoms with van der Waals surface area (Å²) in [4.78, 5) is 20.5. The second-order valence-electron chi connectivity index (χ2n) is 6.93. The van der Waals surface area contributed by atoms with E-state index in [1.54, 1.807) is 42.0 Å². The van der Waals surface area contributed by atoms with Gasteiger partial charge < -0.3 is 15.4 Å². The Hall–Kier alpha value is -3.52. The number of halogens is 1. The smallest absolute Gasteiger partial charge is 0.267 e. The van der Waals surface area contributed by atoms with Crippen LogP contribution in [0.25, 0.3) is 28.2 Å². The number of primary amides is 1. The number of fused-ring (bicyclic) bond motifs is 1. The summed E-state index contributed by atoms with van der Waals surface area (Å²) < 4.78 is 17.0. The van der Waals surface area contributed by atoms with Crippen molar-refractivity contribution in [3.8, 4) is 22.5 Å². The zero-order chi connectivity index (χ0) is 20.5. The van der Waals surface area contributed by atoms with Gasteiger partial charge >= 0.3 is 0 Å². The van der Waals surface area contributed by atoms with Crippen molar-refractivity contribution in [2.75, 3.05) is 0 Å². The number of carbonyl (C=O) groups is 1. The number of rotatable bonds is 6. The van der Waals surface area contributed by atoms with Crippen LogP contribution in [0.4, 0.5) is 4.39 Å². The number of aromatic nitrogens is 4. The highest BCUT2D eigenvalue weighted by atomic mass is 19.1. The number of nitrogens with two attached hydrogens (primary N) is 1. The van der Waals surface area contributed by atoms with E-state index in [9.17, 15) is 14.3 Å². The van der Waals surface area contributed by atoms with Crippen LogP contribution in [0, 0.1) is 5.82 Å². The minimum atomic E-state index is -0.573. The van der Waals surface area contributed by atoms with Crippen LogP contribution < -0.4 is 5.73 Å². The lowest BCUT2D eigenvalue weighted by atomic mass is 10.1. The van der Waals surface area contributed by atoms with Gasteiger partial charge in [-0.1, -0.05) is 0 Å². The summed E-state index contributed by atoms with van der Waals surface area (Å²) in [6.07, 6.45) is 5.01. The zero-order valence-corrected chi connectivity index (χ0v) is 15.8. The molecule has 3 aromatic heterocycles. The lowest BCUT2D eigenvalue weighted by Gasteiger charge is -2.12. The number of aliphatic hydroxyl groups excluding tert-OH is 1. The Morgan fingerprint density at radius 3 is 2.59 bits per heavy atom. The number of hydrogen-bond acceptors (Lipinski definition) is 4. The number of pyridine rings is 1. The van der Waals surface area contributed by atoms with Crippen molar-refractivity contribution in [2.24, 2.45) is 5.73 Å². The molecule has 3 heterocycles. The number of aryl methyl sites for hydroxylation is 1. The molecule has 148 valence electrons. The van der Waals surface area contributed by atoms with E-state index >= 15 is 0 Å². The molecule has 4 aromatic rings. The molecule has 0 aliphatic rings. The number of aliphatic hydroxyl groups is 1. The van der Waals surface area contributed by atoms with Crippen molar-refractivity contribution in [2.45, 2.75) is 26.0 Å². The fourth-order valence-corrected chi connectivity index (χ4v) is 3.30. The zero-order valence-electron chi connectivity index (χ0n) is 15.8. The average molecular weight is 393 g/mol. The number of carbonyl (C=O) groups excluding carboxylic acids is 1. The third-order valence-corrected chi connectivity index (χ3v) is 4.77. The molecule has 1 amide bonds. The van der Waals surface area contributed by atoms with Gasteiger partial charge in [-0.05, 0) is 49.7 Å². The molecule has 8 heteroatoms. The predicted octanol–water partition coefficient (Wildman–Crippen LogP) is 2.87. The lowest BCUT2D eigenvalue weighted by molar-refractivity contribution is 0.0994. The van der Waals surface area contributed by atoms with Crippen molar-refractivity contribution in [1.29, 1.82) is 0 Å². The Balaban J connectivity index is 1.89. The number of hydrogen-bond donors (Lipinski definition) is 2. The van der Waals surface area contributed by atoms with Crippen molar-refractivity contribution in [1.82, 2.24) is 18.9 Å². The summed E-state index contributed by atoms with van der Waals surface area (Å²) >= 11 is 0. The van der Waals surface area contributed by atoms with Crippen LogP contribution in [0.3, 0.4) is 0 Å². The number of amides is 1. The largest absolute Gasteiger partial charge is 0.393 e. The monoisotopic (exact) mass is 393 g/mol. The Kier molecular flexibility index (Phi) is 4.85. The highest BCUT2D eigenvalue weighted by Crippen LogP contribution is 2.32. The van der Waals surface area contributed by atoms with E-state index in [1.165, 1.54) is 18.3 Å². The van der Waals surface area contributed by atoms with Gasteiger partial charge in [0.1, 0.15) is 17.2 Å². The van der Waals surface area contributed by atoms with Crippen LogP contribution in [0.1, 0.15) is 23.8 Å². The summed E-state index contributed by atoms with van der Waals surface area (Å²) in [5.74, 6) is -0.897. The van der Waals surface area contributed by atoms with Crippen LogP contribution in [-0.2, 0) is 6.54 Å². The van der Waals surface area contributed by atoms with Crippen molar-refractivity contribution >= 4 is 11.6 Å². The van der Waals surface area contributed by atoms with Crippen LogP contribution in [0.15, 0.2) is 55.1 Å². The number of imidazole rings is 2. The maximum atomic E-state index is 13.4. The molecule has 0 saturated heterocycles. The molecule has 0 bridgehead atoms. The van der Waals surface area contributed by atoms with E-state index in [0.29, 0.717) is 24.3 Å². The fraction of sp³-hybridized carbons (Fsp3) is 0.190. The van der Waals surface area contributed by atoms with E-state index in [4.69, 9.17) is 5.73 Å². The molecule has 1 unspecified atom stereocenters. The summed E-state index contributed by atoms with van der Waals surface area (Å²) in [5, 5.41) is 9.70. The van der Waals surface area contributed by atoms with Gasteiger partial charge in [0.05, 0.1) is 30.0 Å². The third kappa shape index (κ3) is 3.62. The third-order valence-electron chi connectivity index (χ3n) is 4.77. The first-order valence-corrected chi connectivity index (χ1v) is 9.20. The van der Waals surface area contributed by atoms with Gasteiger partial charge in [0.15, 0.2) is 0 Å². The lowest BCUT2D eigenvalue weighted by Crippen LogP contribution is -2.13. The molecule has 7 nitrogen and oxygen atoms in total. The van der Waals surface area contributed by atoms with Gasteiger partial charge in [-0.3, -0.25) is 9.20 Å². The van der Waals surface area contributed by atoms with Gasteiger partial charge in [0.2, 0.25) is 0 Å². The van der Waals surface area contributed by atoms with Crippen molar-refractivity contribution in [3.63, 3.8) is 0 Å². The molecule has 29 heavy (non-hydrogen) atoms. The van der Waals surface area contributed by atoms with Gasteiger partial charge in [0, 0.05) is 23.9 Å². The minimum absolute atomic E-state index is 0.278. The molecule has 3 N–H and O–H groups in total. The first-order valence-electron chi connectivity index (χ1n) is 9.20. The standard InChI is InChI=1S/C21H20FN5O2/c1-13(28)8-9-26-12-25-19(14-2-5-16(22)6-3-14)20(26)15-4-7-18-24-10-17(21(23)29)27(18)11-15/h2-7,10-13,28H,8-9H2,1H3,(H2,23,29). The van der Waals surface area contributed by atoms with Crippen LogP contribution in [0.2, 0.25) is 0 Å². The molecule has 0 radical (unpaired) electrons. The highest BCUT2D eigenvalue weighted by Gasteiger charge is 2.17. The molecule has 4 rings (SSSR count). The minimum Gasteiger partial charge on any atom is -0.393 e. The van der Waals surface area contributed by atoms with Crippen LogP contribution in [0.5, 0.6) is 0 Å². The second kappa shape index (κ2) is 7.48. The number of benzene rings is 1. The Bertz CT molecular complexity index is 1180. The second-order valence-corrected chi connectivity index (χ2v) is 6.93. The quantitative estimate of drug-likeness (QED) is 0.526. The maximum absolute atomic E-state index is 13.4. The molecule has 0 fully saturated rings. The normalized spacial score (nSPS) is 12.4.